The number of hydrogen-bond donors (Lipinski definition) is 0. The van der Waals surface area contributed by atoms with Crippen LogP contribution in [0, 0.1) is 17.8 Å². The Balaban J connectivity index is 0.953. The average molecular weight is 882 g/mol. The molecule has 7 aromatic carbocycles. The second kappa shape index (κ2) is 19.8. The predicted octanol–water partition coefficient (Wildman–Crippen LogP) is 15.9. The summed E-state index contributed by atoms with van der Waals surface area (Å²) in [5.74, 6) is 1.21. The van der Waals surface area contributed by atoms with Gasteiger partial charge in [0.25, 0.3) is 0 Å². The van der Waals surface area contributed by atoms with E-state index < -0.39 is 0 Å². The van der Waals surface area contributed by atoms with Crippen molar-refractivity contribution in [3.05, 3.63) is 181 Å². The van der Waals surface area contributed by atoms with Crippen molar-refractivity contribution in [2.45, 2.75) is 84.6 Å². The van der Waals surface area contributed by atoms with Gasteiger partial charge in [0.2, 0.25) is 0 Å². The van der Waals surface area contributed by atoms with Crippen molar-refractivity contribution in [1.82, 2.24) is 15.0 Å². The van der Waals surface area contributed by atoms with Crippen molar-refractivity contribution in [2.24, 2.45) is 17.8 Å². The van der Waals surface area contributed by atoms with Crippen molar-refractivity contribution in [3.8, 4) is 22.3 Å². The van der Waals surface area contributed by atoms with E-state index in [1.54, 1.807) is 0 Å². The van der Waals surface area contributed by atoms with Crippen LogP contribution in [0.5, 0.6) is 0 Å². The van der Waals surface area contributed by atoms with E-state index in [-0.39, 0.29) is 23.4 Å². The van der Waals surface area contributed by atoms with Crippen LogP contribution in [0.3, 0.4) is 0 Å². The Morgan fingerprint density at radius 3 is 1.12 bits per heavy atom. The van der Waals surface area contributed by atoms with E-state index in [9.17, 15) is 9.59 Å². The third kappa shape index (κ3) is 9.46. The summed E-state index contributed by atoms with van der Waals surface area (Å²) in [7, 11) is 0. The molecule has 0 atom stereocenters. The van der Waals surface area contributed by atoms with Crippen LogP contribution in [-0.4, -0.2) is 26.6 Å². The molecule has 0 N–H and O–H groups in total. The average Bonchev–Trinajstić information content (AvgIpc) is 3.81. The molecule has 0 radical (unpaired) electrons. The normalized spacial score (nSPS) is 14.6. The molecule has 7 heteroatoms. The SMILES string of the molecule is CC(C)Cn1nc2c(-c3ccc(N(c4ccccc4)c4ccc(C(=O)C5CCCCC5)cc4)cc3)ccc(-c3ccc(N(c4ccccc4)c4ccc(C(=O)C5CCCCC5)cc4)cc3)c2n1. The van der Waals surface area contributed by atoms with E-state index in [4.69, 9.17) is 10.2 Å². The molecular formula is C60H59N5O2. The number of benzene rings is 7. The lowest BCUT2D eigenvalue weighted by atomic mass is 9.84. The molecule has 1 heterocycles. The van der Waals surface area contributed by atoms with Gasteiger partial charge >= 0.3 is 0 Å². The molecule has 0 aliphatic heterocycles. The molecule has 2 fully saturated rings. The molecule has 0 saturated heterocycles. The first-order valence-corrected chi connectivity index (χ1v) is 24.5. The molecule has 10 rings (SSSR count). The monoisotopic (exact) mass is 881 g/mol. The molecule has 0 unspecified atom stereocenters. The van der Waals surface area contributed by atoms with Gasteiger partial charge in [0.15, 0.2) is 11.6 Å². The standard InChI is InChI=1S/C60H59N5O2/c1-42(2)41-63-61-57-55(43-23-31-51(32-24-43)64(49-19-11-5-12-20-49)53-35-27-47(28-36-53)59(66)45-15-7-3-8-16-45)39-40-56(58(57)62-63)44-25-33-52(34-26-44)65(50-21-13-6-14-22-50)54-37-29-48(30-38-54)60(67)46-17-9-4-10-18-46/h5-6,11-14,19-40,42,45-46H,3-4,7-10,15-18,41H2,1-2H3. The molecular weight excluding hydrogens is 823 g/mol. The fourth-order valence-corrected chi connectivity index (χ4v) is 10.3. The molecule has 67 heavy (non-hydrogen) atoms. The Morgan fingerprint density at radius 1 is 0.448 bits per heavy atom. The maximum atomic E-state index is 13.4. The van der Waals surface area contributed by atoms with Crippen LogP contribution in [0.25, 0.3) is 33.3 Å². The molecule has 8 aromatic rings. The summed E-state index contributed by atoms with van der Waals surface area (Å²) in [6.07, 6.45) is 11.0. The summed E-state index contributed by atoms with van der Waals surface area (Å²) in [6, 6.07) is 58.8. The predicted molar refractivity (Wildman–Crippen MR) is 274 cm³/mol. The number of para-hydroxylation sites is 2. The van der Waals surface area contributed by atoms with Crippen LogP contribution in [0.1, 0.15) is 98.8 Å². The molecule has 2 aliphatic rings. The summed E-state index contributed by atoms with van der Waals surface area (Å²) < 4.78 is 0. The highest BCUT2D eigenvalue weighted by molar-refractivity contribution is 6.01. The van der Waals surface area contributed by atoms with E-state index in [2.05, 4.69) is 157 Å². The van der Waals surface area contributed by atoms with Crippen LogP contribution >= 0.6 is 0 Å². The van der Waals surface area contributed by atoms with Crippen molar-refractivity contribution >= 4 is 56.7 Å². The fraction of sp³-hybridized carbons (Fsp3) is 0.267. The van der Waals surface area contributed by atoms with Crippen LogP contribution in [0.2, 0.25) is 0 Å². The Labute approximate surface area is 395 Å². The Bertz CT molecular complexity index is 2730. The van der Waals surface area contributed by atoms with Gasteiger partial charge in [-0.15, -0.1) is 0 Å². The number of aromatic nitrogens is 3. The van der Waals surface area contributed by atoms with Crippen molar-refractivity contribution in [1.29, 1.82) is 0 Å². The second-order valence-corrected chi connectivity index (χ2v) is 18.9. The third-order valence-electron chi connectivity index (χ3n) is 13.8. The van der Waals surface area contributed by atoms with Gasteiger partial charge in [0, 0.05) is 68.2 Å². The van der Waals surface area contributed by atoms with Gasteiger partial charge in [-0.2, -0.15) is 15.0 Å². The van der Waals surface area contributed by atoms with Crippen molar-refractivity contribution in [2.75, 3.05) is 9.80 Å². The first kappa shape index (κ1) is 43.8. The van der Waals surface area contributed by atoms with Gasteiger partial charge in [0.1, 0.15) is 11.0 Å². The van der Waals surface area contributed by atoms with Crippen molar-refractivity contribution < 1.29 is 9.59 Å². The van der Waals surface area contributed by atoms with Crippen molar-refractivity contribution in [3.63, 3.8) is 0 Å². The van der Waals surface area contributed by atoms with E-state index in [1.165, 1.54) is 12.8 Å². The Morgan fingerprint density at radius 2 is 0.776 bits per heavy atom. The number of rotatable bonds is 14. The number of anilines is 6. The van der Waals surface area contributed by atoms with Crippen LogP contribution < -0.4 is 9.80 Å². The van der Waals surface area contributed by atoms with Gasteiger partial charge in [-0.3, -0.25) is 9.59 Å². The summed E-state index contributed by atoms with van der Waals surface area (Å²) in [5, 5.41) is 10.3. The summed E-state index contributed by atoms with van der Waals surface area (Å²) in [6.45, 7) is 5.09. The minimum absolute atomic E-state index is 0.140. The smallest absolute Gasteiger partial charge is 0.165 e. The van der Waals surface area contributed by atoms with E-state index in [0.29, 0.717) is 12.5 Å². The number of carbonyl (C=O) groups is 2. The van der Waals surface area contributed by atoms with Gasteiger partial charge in [-0.05, 0) is 140 Å². The number of ketones is 2. The largest absolute Gasteiger partial charge is 0.311 e. The highest BCUT2D eigenvalue weighted by Crippen LogP contribution is 2.41. The maximum absolute atomic E-state index is 13.4. The number of fused-ring (bicyclic) bond motifs is 1. The second-order valence-electron chi connectivity index (χ2n) is 18.9. The van der Waals surface area contributed by atoms with Crippen LogP contribution in [-0.2, 0) is 6.54 Å². The quantitative estimate of drug-likeness (QED) is 0.101. The lowest BCUT2D eigenvalue weighted by Gasteiger charge is -2.26. The van der Waals surface area contributed by atoms with E-state index >= 15 is 0 Å². The highest BCUT2D eigenvalue weighted by Gasteiger charge is 2.25. The summed E-state index contributed by atoms with van der Waals surface area (Å²) in [4.78, 5) is 33.1. The lowest BCUT2D eigenvalue weighted by Crippen LogP contribution is -2.18. The molecule has 1 aromatic heterocycles. The third-order valence-corrected chi connectivity index (χ3v) is 13.8. The van der Waals surface area contributed by atoms with Gasteiger partial charge in [-0.25, -0.2) is 0 Å². The fourth-order valence-electron chi connectivity index (χ4n) is 10.3. The molecule has 336 valence electrons. The summed E-state index contributed by atoms with van der Waals surface area (Å²) in [5.41, 5.74) is 13.6. The zero-order chi connectivity index (χ0) is 45.7. The van der Waals surface area contributed by atoms with Crippen LogP contribution in [0.4, 0.5) is 34.1 Å². The molecule has 0 spiro atoms. The molecule has 0 amide bonds. The lowest BCUT2D eigenvalue weighted by molar-refractivity contribution is 0.0882. The molecule has 2 aliphatic carbocycles. The molecule has 0 bridgehead atoms. The molecule has 7 nitrogen and oxygen atoms in total. The topological polar surface area (TPSA) is 71.3 Å². The first-order valence-electron chi connectivity index (χ1n) is 24.5. The Hall–Kier alpha value is -7.12. The van der Waals surface area contributed by atoms with E-state index in [0.717, 1.165) is 130 Å². The van der Waals surface area contributed by atoms with Crippen LogP contribution in [0.15, 0.2) is 170 Å². The van der Waals surface area contributed by atoms with Gasteiger partial charge < -0.3 is 9.80 Å². The summed E-state index contributed by atoms with van der Waals surface area (Å²) >= 11 is 0. The zero-order valence-corrected chi connectivity index (χ0v) is 38.7. The number of nitrogens with zero attached hydrogens (tertiary/aromatic N) is 5. The number of carbonyl (C=O) groups excluding carboxylic acids is 2. The van der Waals surface area contributed by atoms with E-state index in [1.807, 2.05) is 41.2 Å². The van der Waals surface area contributed by atoms with Gasteiger partial charge in [0.05, 0.1) is 6.54 Å². The minimum atomic E-state index is 0.140. The number of Topliss-reactive ketones (excluding diaryl/α,β-unsaturated/α-hetero) is 2. The highest BCUT2D eigenvalue weighted by atomic mass is 16.1. The molecule has 2 saturated carbocycles. The zero-order valence-electron chi connectivity index (χ0n) is 38.7. The Kier molecular flexibility index (Phi) is 12.9. The minimum Gasteiger partial charge on any atom is -0.311 e. The number of hydrogen-bond acceptors (Lipinski definition) is 6. The van der Waals surface area contributed by atoms with Gasteiger partial charge in [-0.1, -0.05) is 125 Å². The maximum Gasteiger partial charge on any atom is 0.165 e. The first-order chi connectivity index (χ1) is 32.9.